The van der Waals surface area contributed by atoms with Crippen LogP contribution in [0.15, 0.2) is 53.0 Å². The lowest BCUT2D eigenvalue weighted by Crippen LogP contribution is -2.15. The van der Waals surface area contributed by atoms with Crippen molar-refractivity contribution in [2.24, 2.45) is 0 Å². The number of aromatic nitrogens is 3. The Morgan fingerprint density at radius 1 is 1.19 bits per heavy atom. The summed E-state index contributed by atoms with van der Waals surface area (Å²) < 4.78 is 16.6. The molecule has 1 amide bonds. The number of carbonyl (C=O) groups is 1. The fourth-order valence-electron chi connectivity index (χ4n) is 2.50. The second-order valence-corrected chi connectivity index (χ2v) is 7.58. The van der Waals surface area contributed by atoms with E-state index in [2.05, 4.69) is 31.3 Å². The lowest BCUT2D eigenvalue weighted by molar-refractivity contribution is 0.102. The Morgan fingerprint density at radius 3 is 2.73 bits per heavy atom. The minimum atomic E-state index is -0.312. The van der Waals surface area contributed by atoms with E-state index in [1.54, 1.807) is 41.1 Å². The van der Waals surface area contributed by atoms with E-state index in [1.165, 1.54) is 23.5 Å². The molecule has 0 saturated heterocycles. The number of rotatable bonds is 3. The molecule has 0 fully saturated rings. The number of fused-ring (bicyclic) bond motifs is 1. The van der Waals surface area contributed by atoms with Crippen LogP contribution in [0.25, 0.3) is 15.3 Å². The van der Waals surface area contributed by atoms with Crippen LogP contribution < -0.4 is 5.32 Å². The zero-order valence-electron chi connectivity index (χ0n) is 13.5. The summed E-state index contributed by atoms with van der Waals surface area (Å²) in [5.74, 6) is -0.0473. The predicted octanol–water partition coefficient (Wildman–Crippen LogP) is 4.94. The molecule has 4 aromatic rings. The number of hydrogen-bond donors (Lipinski definition) is 1. The van der Waals surface area contributed by atoms with Gasteiger partial charge in [-0.05, 0) is 49.4 Å². The Bertz CT molecular complexity index is 1120. The van der Waals surface area contributed by atoms with Gasteiger partial charge in [0.1, 0.15) is 11.6 Å². The van der Waals surface area contributed by atoms with Crippen LogP contribution in [0.4, 0.5) is 10.2 Å². The number of nitrogens with zero attached hydrogens (tertiary/aromatic N) is 3. The molecule has 1 N–H and O–H groups in total. The molecule has 0 radical (unpaired) electrons. The average molecular weight is 431 g/mol. The van der Waals surface area contributed by atoms with E-state index >= 15 is 0 Å². The standard InChI is InChI=1S/C18H12BrFN4OS/c1-10-8-16(22-17(25)11-2-4-12(19)5-3-11)24(23-10)18-21-14-7-6-13(20)9-15(14)26-18/h2-9H,1H3,(H,22,25). The van der Waals surface area contributed by atoms with Crippen molar-refractivity contribution in [3.63, 3.8) is 0 Å². The molecule has 0 aliphatic rings. The maximum atomic E-state index is 13.4. The smallest absolute Gasteiger partial charge is 0.256 e. The second kappa shape index (κ2) is 6.62. The van der Waals surface area contributed by atoms with Crippen molar-refractivity contribution < 1.29 is 9.18 Å². The first kappa shape index (κ1) is 16.9. The summed E-state index contributed by atoms with van der Waals surface area (Å²) in [7, 11) is 0. The summed E-state index contributed by atoms with van der Waals surface area (Å²) in [6.07, 6.45) is 0. The van der Waals surface area contributed by atoms with Crippen LogP contribution in [-0.2, 0) is 0 Å². The SMILES string of the molecule is Cc1cc(NC(=O)c2ccc(Br)cc2)n(-c2nc3ccc(F)cc3s2)n1. The molecule has 0 aliphatic carbocycles. The van der Waals surface area contributed by atoms with Gasteiger partial charge in [-0.25, -0.2) is 9.37 Å². The molecule has 2 aromatic carbocycles. The average Bonchev–Trinajstić information content (AvgIpc) is 3.18. The number of aryl methyl sites for hydroxylation is 1. The van der Waals surface area contributed by atoms with Crippen molar-refractivity contribution in [2.45, 2.75) is 6.92 Å². The van der Waals surface area contributed by atoms with Gasteiger partial charge in [-0.15, -0.1) is 0 Å². The number of amides is 1. The van der Waals surface area contributed by atoms with Crippen LogP contribution in [0, 0.1) is 12.7 Å². The fourth-order valence-corrected chi connectivity index (χ4v) is 3.72. The second-order valence-electron chi connectivity index (χ2n) is 5.65. The molecule has 2 aromatic heterocycles. The quantitative estimate of drug-likeness (QED) is 0.500. The number of nitrogens with one attached hydrogen (secondary N) is 1. The van der Waals surface area contributed by atoms with Crippen molar-refractivity contribution in [3.8, 4) is 5.13 Å². The van der Waals surface area contributed by atoms with Crippen LogP contribution in [0.2, 0.25) is 0 Å². The van der Waals surface area contributed by atoms with Gasteiger partial charge in [0.25, 0.3) is 5.91 Å². The van der Waals surface area contributed by atoms with Gasteiger partial charge < -0.3 is 5.32 Å². The van der Waals surface area contributed by atoms with Gasteiger partial charge in [0.05, 0.1) is 15.9 Å². The number of hydrogen-bond acceptors (Lipinski definition) is 4. The minimum absolute atomic E-state index is 0.245. The summed E-state index contributed by atoms with van der Waals surface area (Å²) in [5, 5.41) is 7.83. The summed E-state index contributed by atoms with van der Waals surface area (Å²) in [4.78, 5) is 17.0. The Morgan fingerprint density at radius 2 is 1.96 bits per heavy atom. The maximum Gasteiger partial charge on any atom is 0.256 e. The van der Waals surface area contributed by atoms with E-state index in [0.29, 0.717) is 22.0 Å². The van der Waals surface area contributed by atoms with Gasteiger partial charge in [0, 0.05) is 16.1 Å². The van der Waals surface area contributed by atoms with Crippen molar-refractivity contribution in [3.05, 3.63) is 70.1 Å². The number of thiazole rings is 1. The van der Waals surface area contributed by atoms with Crippen LogP contribution in [0.1, 0.15) is 16.1 Å². The monoisotopic (exact) mass is 430 g/mol. The number of halogens is 2. The van der Waals surface area contributed by atoms with Gasteiger partial charge in [-0.3, -0.25) is 4.79 Å². The highest BCUT2D eigenvalue weighted by Crippen LogP contribution is 2.28. The van der Waals surface area contributed by atoms with Crippen molar-refractivity contribution in [2.75, 3.05) is 5.32 Å². The molecule has 0 unspecified atom stereocenters. The van der Waals surface area contributed by atoms with Crippen LogP contribution >= 0.6 is 27.3 Å². The number of benzene rings is 2. The molecule has 0 bridgehead atoms. The molecule has 4 rings (SSSR count). The molecule has 2 heterocycles. The third-order valence-corrected chi connectivity index (χ3v) is 5.22. The van der Waals surface area contributed by atoms with Gasteiger partial charge in [0.15, 0.2) is 0 Å². The Balaban J connectivity index is 1.69. The topological polar surface area (TPSA) is 59.8 Å². The summed E-state index contributed by atoms with van der Waals surface area (Å²) in [6, 6.07) is 13.3. The highest BCUT2D eigenvalue weighted by Gasteiger charge is 2.15. The van der Waals surface area contributed by atoms with E-state index in [9.17, 15) is 9.18 Å². The van der Waals surface area contributed by atoms with E-state index in [-0.39, 0.29) is 11.7 Å². The van der Waals surface area contributed by atoms with Crippen LogP contribution in [0.5, 0.6) is 0 Å². The maximum absolute atomic E-state index is 13.4. The zero-order chi connectivity index (χ0) is 18.3. The minimum Gasteiger partial charge on any atom is -0.306 e. The van der Waals surface area contributed by atoms with E-state index in [1.807, 2.05) is 6.92 Å². The lowest BCUT2D eigenvalue weighted by Gasteiger charge is -2.06. The van der Waals surface area contributed by atoms with Crippen LogP contribution in [-0.4, -0.2) is 20.7 Å². The van der Waals surface area contributed by atoms with Gasteiger partial charge >= 0.3 is 0 Å². The molecule has 0 spiro atoms. The fraction of sp³-hybridized carbons (Fsp3) is 0.0556. The molecule has 5 nitrogen and oxygen atoms in total. The third-order valence-electron chi connectivity index (χ3n) is 3.70. The Labute approximate surface area is 160 Å². The highest BCUT2D eigenvalue weighted by atomic mass is 79.9. The molecule has 0 atom stereocenters. The highest BCUT2D eigenvalue weighted by molar-refractivity contribution is 9.10. The van der Waals surface area contributed by atoms with Crippen molar-refractivity contribution in [1.29, 1.82) is 0 Å². The van der Waals surface area contributed by atoms with E-state index in [4.69, 9.17) is 0 Å². The number of anilines is 1. The molecular weight excluding hydrogens is 419 g/mol. The first-order valence-electron chi connectivity index (χ1n) is 7.70. The Hall–Kier alpha value is -2.58. The molecule has 26 heavy (non-hydrogen) atoms. The number of carbonyl (C=O) groups excluding carboxylic acids is 1. The van der Waals surface area contributed by atoms with Crippen molar-refractivity contribution >= 4 is 49.2 Å². The first-order valence-corrected chi connectivity index (χ1v) is 9.30. The molecule has 0 aliphatic heterocycles. The van der Waals surface area contributed by atoms with Gasteiger partial charge in [0.2, 0.25) is 5.13 Å². The summed E-state index contributed by atoms with van der Waals surface area (Å²) in [5.41, 5.74) is 1.95. The largest absolute Gasteiger partial charge is 0.306 e. The van der Waals surface area contributed by atoms with E-state index in [0.717, 1.165) is 14.9 Å². The zero-order valence-corrected chi connectivity index (χ0v) is 15.9. The molecular formula is C18H12BrFN4OS. The molecule has 8 heteroatoms. The molecule has 130 valence electrons. The van der Waals surface area contributed by atoms with Crippen molar-refractivity contribution in [1.82, 2.24) is 14.8 Å². The van der Waals surface area contributed by atoms with Gasteiger partial charge in [-0.2, -0.15) is 9.78 Å². The molecule has 0 saturated carbocycles. The van der Waals surface area contributed by atoms with E-state index < -0.39 is 0 Å². The summed E-state index contributed by atoms with van der Waals surface area (Å²) in [6.45, 7) is 1.83. The van der Waals surface area contributed by atoms with Gasteiger partial charge in [-0.1, -0.05) is 27.3 Å². The Kier molecular flexibility index (Phi) is 4.29. The normalized spacial score (nSPS) is 11.0. The summed E-state index contributed by atoms with van der Waals surface area (Å²) >= 11 is 4.66. The lowest BCUT2D eigenvalue weighted by atomic mass is 10.2. The predicted molar refractivity (Wildman–Crippen MR) is 104 cm³/mol. The third kappa shape index (κ3) is 3.25. The first-order chi connectivity index (χ1) is 12.5. The van der Waals surface area contributed by atoms with Crippen LogP contribution in [0.3, 0.4) is 0 Å².